The number of rotatable bonds is 9. The highest BCUT2D eigenvalue weighted by molar-refractivity contribution is 5.86. The van der Waals surface area contributed by atoms with Gasteiger partial charge in [0.1, 0.15) is 12.4 Å². The molecule has 2 fully saturated rings. The van der Waals surface area contributed by atoms with Crippen LogP contribution in [0.15, 0.2) is 24.5 Å². The molecular formula is C32H47N3O5. The number of anilines is 1. The van der Waals surface area contributed by atoms with Gasteiger partial charge < -0.3 is 23.8 Å². The first-order chi connectivity index (χ1) is 18.8. The third kappa shape index (κ3) is 7.72. The minimum Gasteiger partial charge on any atom is -0.489 e. The number of hydrogen-bond acceptors (Lipinski definition) is 8. The predicted molar refractivity (Wildman–Crippen MR) is 157 cm³/mol. The molecule has 2 aliphatic rings. The van der Waals surface area contributed by atoms with Gasteiger partial charge in [0.15, 0.2) is 6.10 Å². The number of carbonyl (C=O) groups excluding carboxylic acids is 1. The van der Waals surface area contributed by atoms with Crippen LogP contribution in [0.3, 0.4) is 0 Å². The van der Waals surface area contributed by atoms with Crippen molar-refractivity contribution < 1.29 is 23.7 Å². The van der Waals surface area contributed by atoms with Gasteiger partial charge in [-0.15, -0.1) is 0 Å². The van der Waals surface area contributed by atoms with Crippen molar-refractivity contribution in [2.24, 2.45) is 5.41 Å². The zero-order valence-corrected chi connectivity index (χ0v) is 25.6. The largest absolute Gasteiger partial charge is 0.489 e. The summed E-state index contributed by atoms with van der Waals surface area (Å²) in [6.45, 7) is 19.2. The van der Waals surface area contributed by atoms with Crippen LogP contribution in [-0.4, -0.2) is 60.0 Å². The average Bonchev–Trinajstić information content (AvgIpc) is 3.39. The Morgan fingerprint density at radius 2 is 1.88 bits per heavy atom. The number of esters is 1. The van der Waals surface area contributed by atoms with Crippen LogP contribution in [0.4, 0.5) is 5.69 Å². The summed E-state index contributed by atoms with van der Waals surface area (Å²) in [7, 11) is 0. The van der Waals surface area contributed by atoms with Crippen LogP contribution in [0, 0.1) is 12.3 Å². The van der Waals surface area contributed by atoms with Gasteiger partial charge in [-0.1, -0.05) is 13.8 Å². The Labute approximate surface area is 239 Å². The molecule has 2 atom stereocenters. The summed E-state index contributed by atoms with van der Waals surface area (Å²) in [5, 5.41) is 0. The number of carbonyl (C=O) groups is 1. The molecule has 0 spiro atoms. The zero-order chi connectivity index (χ0) is 29.1. The van der Waals surface area contributed by atoms with Crippen LogP contribution >= 0.6 is 0 Å². The molecule has 2 saturated heterocycles. The fraction of sp³-hybridized carbons (Fsp3) is 0.656. The minimum atomic E-state index is -0.922. The number of piperidine rings is 1. The number of aryl methyl sites for hydroxylation is 1. The first-order valence-corrected chi connectivity index (χ1v) is 14.7. The summed E-state index contributed by atoms with van der Waals surface area (Å²) >= 11 is 0. The maximum absolute atomic E-state index is 13.6. The van der Waals surface area contributed by atoms with Crippen molar-refractivity contribution in [2.45, 2.75) is 105 Å². The Kier molecular flexibility index (Phi) is 9.40. The second-order valence-electron chi connectivity index (χ2n) is 13.1. The third-order valence-corrected chi connectivity index (χ3v) is 7.49. The molecule has 4 rings (SSSR count). The first-order valence-electron chi connectivity index (χ1n) is 14.7. The van der Waals surface area contributed by atoms with Crippen molar-refractivity contribution in [2.75, 3.05) is 31.2 Å². The molecule has 8 nitrogen and oxygen atoms in total. The topological polar surface area (TPSA) is 83.0 Å². The van der Waals surface area contributed by atoms with E-state index in [1.807, 2.05) is 59.9 Å². The van der Waals surface area contributed by atoms with Gasteiger partial charge in [0, 0.05) is 42.7 Å². The molecule has 220 valence electrons. The van der Waals surface area contributed by atoms with Crippen LogP contribution in [-0.2, 0) is 19.0 Å². The molecule has 0 unspecified atom stereocenters. The predicted octanol–water partition coefficient (Wildman–Crippen LogP) is 6.44. The highest BCUT2D eigenvalue weighted by atomic mass is 16.6. The van der Waals surface area contributed by atoms with E-state index in [1.54, 1.807) is 6.20 Å². The van der Waals surface area contributed by atoms with Crippen LogP contribution in [0.2, 0.25) is 0 Å². The molecule has 0 bridgehead atoms. The van der Waals surface area contributed by atoms with E-state index in [0.717, 1.165) is 73.6 Å². The van der Waals surface area contributed by atoms with Crippen molar-refractivity contribution in [1.29, 1.82) is 0 Å². The molecule has 0 aliphatic carbocycles. The SMILES string of the molecule is Cc1ncc(-c2ccc(OC[C@H]3CCCO3)cn2)c(N2CCC(C)(C)CC2)c1[C@@H](OC(C)(C)C)C(=O)OC(C)C. The highest BCUT2D eigenvalue weighted by Gasteiger charge is 2.37. The second-order valence-corrected chi connectivity index (χ2v) is 13.1. The summed E-state index contributed by atoms with van der Waals surface area (Å²) in [4.78, 5) is 25.5. The molecule has 40 heavy (non-hydrogen) atoms. The smallest absolute Gasteiger partial charge is 0.340 e. The number of aromatic nitrogens is 2. The van der Waals surface area contributed by atoms with Gasteiger partial charge in [0.2, 0.25) is 0 Å². The lowest BCUT2D eigenvalue weighted by Gasteiger charge is -2.41. The number of ether oxygens (including phenoxy) is 4. The van der Waals surface area contributed by atoms with Crippen molar-refractivity contribution in [3.63, 3.8) is 0 Å². The number of pyridine rings is 2. The van der Waals surface area contributed by atoms with Gasteiger partial charge in [0.05, 0.1) is 35.4 Å². The van der Waals surface area contributed by atoms with Gasteiger partial charge in [-0.05, 0) is 84.8 Å². The fourth-order valence-corrected chi connectivity index (χ4v) is 5.25. The maximum Gasteiger partial charge on any atom is 0.340 e. The molecule has 0 aromatic carbocycles. The summed E-state index contributed by atoms with van der Waals surface area (Å²) in [6.07, 6.45) is 6.76. The van der Waals surface area contributed by atoms with Crippen molar-refractivity contribution >= 4 is 11.7 Å². The first kappa shape index (κ1) is 30.3. The maximum atomic E-state index is 13.6. The van der Waals surface area contributed by atoms with E-state index in [0.29, 0.717) is 12.4 Å². The molecule has 0 saturated carbocycles. The van der Waals surface area contributed by atoms with Crippen molar-refractivity contribution in [3.8, 4) is 17.0 Å². The molecule has 0 amide bonds. The van der Waals surface area contributed by atoms with Crippen LogP contribution in [0.5, 0.6) is 5.75 Å². The molecule has 4 heterocycles. The average molecular weight is 554 g/mol. The van der Waals surface area contributed by atoms with E-state index >= 15 is 0 Å². The molecule has 8 heteroatoms. The number of hydrogen-bond donors (Lipinski definition) is 0. The van der Waals surface area contributed by atoms with Crippen molar-refractivity contribution in [3.05, 3.63) is 35.8 Å². The van der Waals surface area contributed by atoms with Gasteiger partial charge in [-0.3, -0.25) is 9.97 Å². The lowest BCUT2D eigenvalue weighted by molar-refractivity contribution is -0.171. The summed E-state index contributed by atoms with van der Waals surface area (Å²) in [6, 6.07) is 3.90. The minimum absolute atomic E-state index is 0.142. The second kappa shape index (κ2) is 12.4. The fourth-order valence-electron chi connectivity index (χ4n) is 5.25. The lowest BCUT2D eigenvalue weighted by atomic mass is 9.82. The van der Waals surface area contributed by atoms with E-state index < -0.39 is 17.7 Å². The molecule has 2 aromatic rings. The van der Waals surface area contributed by atoms with E-state index in [9.17, 15) is 4.79 Å². The summed E-state index contributed by atoms with van der Waals surface area (Å²) in [5.41, 5.74) is 3.75. The Balaban J connectivity index is 1.76. The van der Waals surface area contributed by atoms with Gasteiger partial charge in [-0.25, -0.2) is 4.79 Å². The van der Waals surface area contributed by atoms with Gasteiger partial charge >= 0.3 is 5.97 Å². The van der Waals surface area contributed by atoms with Crippen LogP contribution in [0.25, 0.3) is 11.3 Å². The Morgan fingerprint density at radius 1 is 1.15 bits per heavy atom. The Hall–Kier alpha value is -2.71. The zero-order valence-electron chi connectivity index (χ0n) is 25.6. The van der Waals surface area contributed by atoms with E-state index in [4.69, 9.17) is 28.9 Å². The van der Waals surface area contributed by atoms with E-state index in [2.05, 4.69) is 18.7 Å². The monoisotopic (exact) mass is 553 g/mol. The Bertz CT molecular complexity index is 1140. The summed E-state index contributed by atoms with van der Waals surface area (Å²) in [5.74, 6) is 0.298. The van der Waals surface area contributed by atoms with Gasteiger partial charge in [-0.2, -0.15) is 0 Å². The Morgan fingerprint density at radius 3 is 2.45 bits per heavy atom. The van der Waals surface area contributed by atoms with Crippen molar-refractivity contribution in [1.82, 2.24) is 9.97 Å². The highest BCUT2D eigenvalue weighted by Crippen LogP contribution is 2.43. The summed E-state index contributed by atoms with van der Waals surface area (Å²) < 4.78 is 23.8. The molecular weight excluding hydrogens is 506 g/mol. The van der Waals surface area contributed by atoms with E-state index in [1.165, 1.54) is 0 Å². The molecule has 0 radical (unpaired) electrons. The van der Waals surface area contributed by atoms with Crippen LogP contribution in [0.1, 0.15) is 91.5 Å². The molecule has 2 aliphatic heterocycles. The normalized spacial score (nSPS) is 20.0. The third-order valence-electron chi connectivity index (χ3n) is 7.49. The quantitative estimate of drug-likeness (QED) is 0.328. The number of nitrogens with zero attached hydrogens (tertiary/aromatic N) is 3. The lowest BCUT2D eigenvalue weighted by Crippen LogP contribution is -2.39. The van der Waals surface area contributed by atoms with Gasteiger partial charge in [0.25, 0.3) is 0 Å². The standard InChI is InChI=1S/C32H47N3O5/c1-21(2)39-30(36)29(40-31(4,5)6)27-22(3)33-19-25(28(27)35-15-13-32(7,8)14-16-35)26-12-11-23(18-34-26)38-20-24-10-9-17-37-24/h11-12,18-19,21,24,29H,9-10,13-17,20H2,1-8H3/t24-,29-/m1/s1. The van der Waals surface area contributed by atoms with E-state index in [-0.39, 0.29) is 17.6 Å². The molecule has 0 N–H and O–H groups in total. The van der Waals surface area contributed by atoms with Crippen LogP contribution < -0.4 is 9.64 Å². The molecule has 2 aromatic heterocycles.